The van der Waals surface area contributed by atoms with Crippen LogP contribution in [0.25, 0.3) is 0 Å². The SMILES string of the molecule is Cc1ccc(CN(C(=O)CN(c2ccccc2F)S(C)(=O)=O)C(Cc2ccccc2)C(=O)NC2CCCC2)cc1. The van der Waals surface area contributed by atoms with E-state index in [4.69, 9.17) is 0 Å². The van der Waals surface area contributed by atoms with Gasteiger partial charge in [0, 0.05) is 19.0 Å². The molecule has 40 heavy (non-hydrogen) atoms. The van der Waals surface area contributed by atoms with E-state index in [1.54, 1.807) is 0 Å². The zero-order valence-electron chi connectivity index (χ0n) is 22.9. The topological polar surface area (TPSA) is 86.8 Å². The van der Waals surface area contributed by atoms with Crippen LogP contribution in [0.15, 0.2) is 78.9 Å². The number of anilines is 1. The third kappa shape index (κ3) is 7.69. The van der Waals surface area contributed by atoms with Crippen molar-refractivity contribution in [3.63, 3.8) is 0 Å². The fourth-order valence-corrected chi connectivity index (χ4v) is 5.91. The van der Waals surface area contributed by atoms with Crippen LogP contribution < -0.4 is 9.62 Å². The van der Waals surface area contributed by atoms with Gasteiger partial charge in [-0.2, -0.15) is 0 Å². The first kappa shape index (κ1) is 29.3. The number of benzene rings is 3. The Kier molecular flexibility index (Phi) is 9.58. The maximum absolute atomic E-state index is 14.7. The normalized spacial score (nSPS) is 14.5. The highest BCUT2D eigenvalue weighted by Crippen LogP contribution is 2.24. The minimum atomic E-state index is -4.03. The predicted molar refractivity (Wildman–Crippen MR) is 155 cm³/mol. The highest BCUT2D eigenvalue weighted by molar-refractivity contribution is 7.92. The summed E-state index contributed by atoms with van der Waals surface area (Å²) in [4.78, 5) is 29.3. The number of sulfonamides is 1. The Morgan fingerprint density at radius 2 is 1.55 bits per heavy atom. The fraction of sp³-hybridized carbons (Fsp3) is 0.355. The summed E-state index contributed by atoms with van der Waals surface area (Å²) in [5.74, 6) is -1.64. The van der Waals surface area contributed by atoms with Crippen molar-refractivity contribution in [3.05, 3.63) is 101 Å². The maximum atomic E-state index is 14.7. The van der Waals surface area contributed by atoms with E-state index in [0.29, 0.717) is 0 Å². The molecule has 1 unspecified atom stereocenters. The van der Waals surface area contributed by atoms with E-state index in [-0.39, 0.29) is 30.6 Å². The van der Waals surface area contributed by atoms with E-state index in [9.17, 15) is 22.4 Å². The lowest BCUT2D eigenvalue weighted by Gasteiger charge is -2.34. The Morgan fingerprint density at radius 1 is 0.925 bits per heavy atom. The van der Waals surface area contributed by atoms with Crippen LogP contribution in [0.4, 0.5) is 10.1 Å². The molecule has 0 saturated heterocycles. The second-order valence-corrected chi connectivity index (χ2v) is 12.3. The van der Waals surface area contributed by atoms with Crippen molar-refractivity contribution in [2.75, 3.05) is 17.1 Å². The van der Waals surface area contributed by atoms with Crippen LogP contribution in [0.5, 0.6) is 0 Å². The van der Waals surface area contributed by atoms with E-state index < -0.39 is 34.3 Å². The molecule has 212 valence electrons. The summed E-state index contributed by atoms with van der Waals surface area (Å²) >= 11 is 0. The number of nitrogens with one attached hydrogen (secondary N) is 1. The molecule has 0 bridgehead atoms. The minimum absolute atomic E-state index is 0.0352. The molecular weight excluding hydrogens is 529 g/mol. The first-order valence-electron chi connectivity index (χ1n) is 13.5. The quantitative estimate of drug-likeness (QED) is 0.368. The fourth-order valence-electron chi connectivity index (χ4n) is 5.06. The Labute approximate surface area is 236 Å². The van der Waals surface area contributed by atoms with Gasteiger partial charge < -0.3 is 10.2 Å². The summed E-state index contributed by atoms with van der Waals surface area (Å²) < 4.78 is 41.0. The van der Waals surface area contributed by atoms with Crippen LogP contribution in [0, 0.1) is 12.7 Å². The van der Waals surface area contributed by atoms with Crippen LogP contribution >= 0.6 is 0 Å². The van der Waals surface area contributed by atoms with Gasteiger partial charge in [0.1, 0.15) is 18.4 Å². The second-order valence-electron chi connectivity index (χ2n) is 10.4. The number of hydrogen-bond acceptors (Lipinski definition) is 4. The van der Waals surface area contributed by atoms with Gasteiger partial charge >= 0.3 is 0 Å². The van der Waals surface area contributed by atoms with Crippen molar-refractivity contribution in [2.24, 2.45) is 0 Å². The average molecular weight is 566 g/mol. The summed E-state index contributed by atoms with van der Waals surface area (Å²) in [7, 11) is -4.03. The molecule has 3 aromatic carbocycles. The number of nitrogens with zero attached hydrogens (tertiary/aromatic N) is 2. The molecule has 2 amide bonds. The number of rotatable bonds is 11. The van der Waals surface area contributed by atoms with E-state index in [1.165, 1.54) is 23.1 Å². The predicted octanol–water partition coefficient (Wildman–Crippen LogP) is 4.60. The van der Waals surface area contributed by atoms with Gasteiger partial charge in [0.25, 0.3) is 0 Å². The van der Waals surface area contributed by atoms with E-state index in [2.05, 4.69) is 5.32 Å². The molecule has 7 nitrogen and oxygen atoms in total. The summed E-state index contributed by atoms with van der Waals surface area (Å²) in [5, 5.41) is 3.13. The van der Waals surface area contributed by atoms with Gasteiger partial charge in [-0.15, -0.1) is 0 Å². The zero-order chi connectivity index (χ0) is 28.7. The smallest absolute Gasteiger partial charge is 0.244 e. The molecule has 1 aliphatic rings. The van der Waals surface area contributed by atoms with Crippen LogP contribution in [0.1, 0.15) is 42.4 Å². The molecule has 9 heteroatoms. The third-order valence-electron chi connectivity index (χ3n) is 7.25. The number of carbonyl (C=O) groups excluding carboxylic acids is 2. The molecule has 1 fully saturated rings. The number of hydrogen-bond donors (Lipinski definition) is 1. The minimum Gasteiger partial charge on any atom is -0.352 e. The highest BCUT2D eigenvalue weighted by atomic mass is 32.2. The van der Waals surface area contributed by atoms with Gasteiger partial charge in [0.15, 0.2) is 0 Å². The molecule has 0 radical (unpaired) electrons. The van der Waals surface area contributed by atoms with Crippen LogP contribution in [0.2, 0.25) is 0 Å². The van der Waals surface area contributed by atoms with Gasteiger partial charge in [0.05, 0.1) is 11.9 Å². The lowest BCUT2D eigenvalue weighted by atomic mass is 10.0. The monoisotopic (exact) mass is 565 g/mol. The van der Waals surface area contributed by atoms with Crippen molar-refractivity contribution >= 4 is 27.5 Å². The largest absolute Gasteiger partial charge is 0.352 e. The molecule has 4 rings (SSSR count). The summed E-state index contributed by atoms with van der Waals surface area (Å²) in [6.45, 7) is 1.40. The van der Waals surface area contributed by atoms with Crippen molar-refractivity contribution in [2.45, 2.75) is 57.7 Å². The van der Waals surface area contributed by atoms with Gasteiger partial charge in [0.2, 0.25) is 21.8 Å². The third-order valence-corrected chi connectivity index (χ3v) is 8.37. The number of para-hydroxylation sites is 1. The van der Waals surface area contributed by atoms with Crippen LogP contribution in [-0.2, 0) is 32.6 Å². The van der Waals surface area contributed by atoms with Crippen molar-refractivity contribution in [3.8, 4) is 0 Å². The number of aryl methyl sites for hydroxylation is 1. The molecule has 3 aromatic rings. The van der Waals surface area contributed by atoms with Crippen LogP contribution in [0.3, 0.4) is 0 Å². The van der Waals surface area contributed by atoms with Crippen molar-refractivity contribution in [1.29, 1.82) is 0 Å². The zero-order valence-corrected chi connectivity index (χ0v) is 23.7. The molecule has 0 aliphatic heterocycles. The molecule has 1 aliphatic carbocycles. The van der Waals surface area contributed by atoms with Gasteiger partial charge in [-0.25, -0.2) is 12.8 Å². The number of halogens is 1. The van der Waals surface area contributed by atoms with E-state index in [0.717, 1.165) is 59.0 Å². The molecular formula is C31H36FN3O4S. The molecule has 1 saturated carbocycles. The maximum Gasteiger partial charge on any atom is 0.244 e. The Morgan fingerprint density at radius 3 is 2.17 bits per heavy atom. The molecule has 1 atom stereocenters. The van der Waals surface area contributed by atoms with Gasteiger partial charge in [-0.05, 0) is 43.0 Å². The van der Waals surface area contributed by atoms with Crippen molar-refractivity contribution in [1.82, 2.24) is 10.2 Å². The lowest BCUT2D eigenvalue weighted by molar-refractivity contribution is -0.140. The Hall–Kier alpha value is -3.72. The highest BCUT2D eigenvalue weighted by Gasteiger charge is 2.34. The number of carbonyl (C=O) groups is 2. The summed E-state index contributed by atoms with van der Waals surface area (Å²) in [6, 6.07) is 21.6. The molecule has 0 aromatic heterocycles. The molecule has 1 N–H and O–H groups in total. The van der Waals surface area contributed by atoms with Gasteiger partial charge in [-0.3, -0.25) is 13.9 Å². The first-order valence-corrected chi connectivity index (χ1v) is 15.4. The Bertz CT molecular complexity index is 1410. The Balaban J connectivity index is 1.72. The lowest BCUT2D eigenvalue weighted by Crippen LogP contribution is -2.54. The van der Waals surface area contributed by atoms with E-state index in [1.807, 2.05) is 61.5 Å². The average Bonchev–Trinajstić information content (AvgIpc) is 3.43. The van der Waals surface area contributed by atoms with E-state index >= 15 is 0 Å². The van der Waals surface area contributed by atoms with Crippen molar-refractivity contribution < 1.29 is 22.4 Å². The molecule has 0 heterocycles. The molecule has 0 spiro atoms. The second kappa shape index (κ2) is 13.1. The standard InChI is InChI=1S/C31H36FN3O4S/c1-23-16-18-25(19-17-23)21-34(30(36)22-35(40(2,38)39)28-15-9-8-14-27(28)32)29(20-24-10-4-3-5-11-24)31(37)33-26-12-6-7-13-26/h3-5,8-11,14-19,26,29H,6-7,12-13,20-22H2,1-2H3,(H,33,37). The first-order chi connectivity index (χ1) is 19.1. The summed E-state index contributed by atoms with van der Waals surface area (Å²) in [5.41, 5.74) is 2.49. The van der Waals surface area contributed by atoms with Gasteiger partial charge in [-0.1, -0.05) is 85.1 Å². The summed E-state index contributed by atoms with van der Waals surface area (Å²) in [6.07, 6.45) is 5.01. The number of amides is 2. The van der Waals surface area contributed by atoms with Crippen LogP contribution in [-0.4, -0.2) is 50.0 Å².